The maximum absolute atomic E-state index is 4.59. The smallest absolute Gasteiger partial charge is 0.181 e. The molecule has 6 nitrogen and oxygen atoms in total. The maximum atomic E-state index is 4.59. The van der Waals surface area contributed by atoms with Crippen LogP contribution in [0.3, 0.4) is 0 Å². The van der Waals surface area contributed by atoms with E-state index in [2.05, 4.69) is 57.6 Å². The lowest BCUT2D eigenvalue weighted by Crippen LogP contribution is -2.18. The van der Waals surface area contributed by atoms with Gasteiger partial charge in [0.2, 0.25) is 0 Å². The summed E-state index contributed by atoms with van der Waals surface area (Å²) in [6.45, 7) is 5.31. The molecule has 0 radical (unpaired) electrons. The zero-order valence-corrected chi connectivity index (χ0v) is 15.8. The second kappa shape index (κ2) is 6.33. The molecule has 8 heteroatoms. The Morgan fingerprint density at radius 2 is 2.17 bits per heavy atom. The molecule has 1 fully saturated rings. The van der Waals surface area contributed by atoms with Gasteiger partial charge in [0.15, 0.2) is 11.5 Å². The SMILES string of the molecule is Cc1cn2c(I)cnc2c(Nc2cc(CN3CCCC3)ns2)n1. The normalized spacial score (nSPS) is 15.6. The number of fused-ring (bicyclic) bond motifs is 1. The van der Waals surface area contributed by atoms with Crippen molar-refractivity contribution in [2.45, 2.75) is 26.3 Å². The second-order valence-corrected chi connectivity index (χ2v) is 7.71. The zero-order chi connectivity index (χ0) is 15.8. The molecule has 0 aromatic carbocycles. The van der Waals surface area contributed by atoms with Gasteiger partial charge in [0, 0.05) is 12.7 Å². The quantitative estimate of drug-likeness (QED) is 0.630. The van der Waals surface area contributed by atoms with Crippen LogP contribution in [-0.2, 0) is 6.54 Å². The van der Waals surface area contributed by atoms with Crippen molar-refractivity contribution in [2.24, 2.45) is 0 Å². The van der Waals surface area contributed by atoms with E-state index >= 15 is 0 Å². The van der Waals surface area contributed by atoms with Gasteiger partial charge in [-0.3, -0.25) is 9.30 Å². The minimum atomic E-state index is 0.782. The highest BCUT2D eigenvalue weighted by atomic mass is 127. The Morgan fingerprint density at radius 3 is 3.00 bits per heavy atom. The first-order valence-electron chi connectivity index (χ1n) is 7.64. The lowest BCUT2D eigenvalue weighted by molar-refractivity contribution is 0.328. The average molecular weight is 440 g/mol. The summed E-state index contributed by atoms with van der Waals surface area (Å²) in [7, 11) is 0. The largest absolute Gasteiger partial charge is 0.328 e. The van der Waals surface area contributed by atoms with Crippen molar-refractivity contribution in [1.29, 1.82) is 0 Å². The number of halogens is 1. The van der Waals surface area contributed by atoms with E-state index in [-0.39, 0.29) is 0 Å². The van der Waals surface area contributed by atoms with Crippen LogP contribution in [0.4, 0.5) is 10.8 Å². The first-order chi connectivity index (χ1) is 11.2. The molecule has 4 rings (SSSR count). The van der Waals surface area contributed by atoms with Gasteiger partial charge < -0.3 is 5.32 Å². The average Bonchev–Trinajstić information content (AvgIpc) is 3.24. The van der Waals surface area contributed by atoms with E-state index in [1.165, 1.54) is 37.5 Å². The van der Waals surface area contributed by atoms with E-state index in [0.717, 1.165) is 38.1 Å². The highest BCUT2D eigenvalue weighted by molar-refractivity contribution is 14.1. The summed E-state index contributed by atoms with van der Waals surface area (Å²) in [6.07, 6.45) is 6.46. The number of nitrogens with zero attached hydrogens (tertiary/aromatic N) is 5. The van der Waals surface area contributed by atoms with Crippen LogP contribution in [0.15, 0.2) is 18.5 Å². The van der Waals surface area contributed by atoms with E-state index in [1.807, 2.05) is 19.3 Å². The lowest BCUT2D eigenvalue weighted by Gasteiger charge is -2.11. The van der Waals surface area contributed by atoms with Crippen molar-refractivity contribution in [3.8, 4) is 0 Å². The maximum Gasteiger partial charge on any atom is 0.181 e. The number of rotatable bonds is 4. The number of hydrogen-bond acceptors (Lipinski definition) is 6. The van der Waals surface area contributed by atoms with Crippen molar-refractivity contribution in [2.75, 3.05) is 18.4 Å². The zero-order valence-electron chi connectivity index (χ0n) is 12.8. The van der Waals surface area contributed by atoms with E-state index in [9.17, 15) is 0 Å². The Bertz CT molecular complexity index is 836. The van der Waals surface area contributed by atoms with Gasteiger partial charge in [-0.1, -0.05) is 0 Å². The molecule has 0 saturated carbocycles. The highest BCUT2D eigenvalue weighted by Crippen LogP contribution is 2.25. The molecule has 1 N–H and O–H groups in total. The predicted octanol–water partition coefficient (Wildman–Crippen LogP) is 3.44. The van der Waals surface area contributed by atoms with Gasteiger partial charge in [-0.15, -0.1) is 0 Å². The molecule has 120 valence electrons. The first kappa shape index (κ1) is 15.3. The highest BCUT2D eigenvalue weighted by Gasteiger charge is 2.15. The van der Waals surface area contributed by atoms with Gasteiger partial charge in [0.25, 0.3) is 0 Å². The lowest BCUT2D eigenvalue weighted by atomic mass is 10.4. The molecule has 3 aromatic heterocycles. The van der Waals surface area contributed by atoms with Crippen molar-refractivity contribution >= 4 is 50.6 Å². The van der Waals surface area contributed by atoms with Crippen molar-refractivity contribution < 1.29 is 0 Å². The number of anilines is 2. The van der Waals surface area contributed by atoms with E-state index in [0.29, 0.717) is 0 Å². The van der Waals surface area contributed by atoms with E-state index < -0.39 is 0 Å². The van der Waals surface area contributed by atoms with Crippen LogP contribution in [0.1, 0.15) is 24.2 Å². The summed E-state index contributed by atoms with van der Waals surface area (Å²) in [5.74, 6) is 0.782. The minimum Gasteiger partial charge on any atom is -0.328 e. The molecule has 0 unspecified atom stereocenters. The molecule has 3 aromatic rings. The van der Waals surface area contributed by atoms with Gasteiger partial charge in [0.1, 0.15) is 8.70 Å². The molecule has 0 atom stereocenters. The van der Waals surface area contributed by atoms with Crippen LogP contribution < -0.4 is 5.32 Å². The van der Waals surface area contributed by atoms with Crippen LogP contribution in [0, 0.1) is 10.6 Å². The first-order valence-corrected chi connectivity index (χ1v) is 9.49. The number of hydrogen-bond donors (Lipinski definition) is 1. The topological polar surface area (TPSA) is 58.4 Å². The van der Waals surface area contributed by atoms with Crippen LogP contribution in [0.5, 0.6) is 0 Å². The molecule has 0 spiro atoms. The number of aryl methyl sites for hydroxylation is 1. The van der Waals surface area contributed by atoms with Crippen LogP contribution in [0.25, 0.3) is 5.65 Å². The van der Waals surface area contributed by atoms with Gasteiger partial charge in [-0.25, -0.2) is 9.97 Å². The molecule has 4 heterocycles. The Balaban J connectivity index is 1.57. The molecule has 1 aliphatic heterocycles. The molecule has 0 aliphatic carbocycles. The van der Waals surface area contributed by atoms with Crippen molar-refractivity contribution in [3.05, 3.63) is 33.5 Å². The minimum absolute atomic E-state index is 0.782. The van der Waals surface area contributed by atoms with Crippen LogP contribution in [-0.4, -0.2) is 36.7 Å². The monoisotopic (exact) mass is 440 g/mol. The van der Waals surface area contributed by atoms with Crippen LogP contribution in [0.2, 0.25) is 0 Å². The molecular weight excluding hydrogens is 423 g/mol. The number of likely N-dealkylation sites (tertiary alicyclic amines) is 1. The molecule has 1 saturated heterocycles. The fourth-order valence-electron chi connectivity index (χ4n) is 2.90. The van der Waals surface area contributed by atoms with Gasteiger partial charge >= 0.3 is 0 Å². The Morgan fingerprint density at radius 1 is 1.35 bits per heavy atom. The third kappa shape index (κ3) is 3.20. The standard InChI is InChI=1S/C15H17IN6S/c1-10-8-22-12(16)7-17-15(22)14(18-10)19-13-6-11(20-23-13)9-21-4-2-3-5-21/h6-8H,2-5,9H2,1H3,(H,18,19). The molecule has 0 amide bonds. The fourth-order valence-corrected chi connectivity index (χ4v) is 4.06. The fraction of sp³-hybridized carbons (Fsp3) is 0.400. The number of aromatic nitrogens is 4. The summed E-state index contributed by atoms with van der Waals surface area (Å²) >= 11 is 3.76. The summed E-state index contributed by atoms with van der Waals surface area (Å²) in [5, 5.41) is 4.40. The van der Waals surface area contributed by atoms with Crippen LogP contribution >= 0.6 is 34.1 Å². The van der Waals surface area contributed by atoms with Gasteiger partial charge in [0.05, 0.1) is 17.6 Å². The summed E-state index contributed by atoms with van der Waals surface area (Å²) in [6, 6.07) is 2.12. The summed E-state index contributed by atoms with van der Waals surface area (Å²) in [4.78, 5) is 11.5. The van der Waals surface area contributed by atoms with Crippen molar-refractivity contribution in [1.82, 2.24) is 23.6 Å². The Labute approximate surface area is 152 Å². The number of imidazole rings is 1. The summed E-state index contributed by atoms with van der Waals surface area (Å²) in [5.41, 5.74) is 2.92. The predicted molar refractivity (Wildman–Crippen MR) is 100 cm³/mol. The number of nitrogens with one attached hydrogen (secondary N) is 1. The third-order valence-electron chi connectivity index (χ3n) is 3.95. The van der Waals surface area contributed by atoms with Gasteiger partial charge in [-0.2, -0.15) is 4.37 Å². The Kier molecular flexibility index (Phi) is 4.20. The molecule has 23 heavy (non-hydrogen) atoms. The van der Waals surface area contributed by atoms with Crippen molar-refractivity contribution in [3.63, 3.8) is 0 Å². The second-order valence-electron chi connectivity index (χ2n) is 5.80. The van der Waals surface area contributed by atoms with E-state index in [1.54, 1.807) is 0 Å². The Hall–Kier alpha value is -1.26. The van der Waals surface area contributed by atoms with Gasteiger partial charge in [-0.05, 0) is 73.0 Å². The molecule has 0 bridgehead atoms. The molecule has 1 aliphatic rings. The van der Waals surface area contributed by atoms with E-state index in [4.69, 9.17) is 0 Å². The molecular formula is C15H17IN6S. The summed E-state index contributed by atoms with van der Waals surface area (Å²) < 4.78 is 7.69. The third-order valence-corrected chi connectivity index (χ3v) is 5.49.